The van der Waals surface area contributed by atoms with E-state index in [1.165, 1.54) is 11.3 Å². The Hall–Kier alpha value is -0.160. The molecule has 1 aromatic rings. The number of ether oxygens (including phenoxy) is 2. The summed E-state index contributed by atoms with van der Waals surface area (Å²) in [5.74, 6) is -0.521. The average molecular weight is 248 g/mol. The molecule has 3 nitrogen and oxygen atoms in total. The highest BCUT2D eigenvalue weighted by Crippen LogP contribution is 2.41. The lowest BCUT2D eigenvalue weighted by atomic mass is 10.2. The van der Waals surface area contributed by atoms with Gasteiger partial charge in [0.25, 0.3) is 0 Å². The van der Waals surface area contributed by atoms with Crippen LogP contribution in [0.15, 0.2) is 0 Å². The summed E-state index contributed by atoms with van der Waals surface area (Å²) in [4.78, 5) is 5.25. The number of nitrogens with zero attached hydrogens (tertiary/aromatic N) is 1. The van der Waals surface area contributed by atoms with E-state index in [-0.39, 0.29) is 12.2 Å². The van der Waals surface area contributed by atoms with Crippen LogP contribution in [-0.4, -0.2) is 16.9 Å². The van der Waals surface area contributed by atoms with Crippen LogP contribution in [0.5, 0.6) is 0 Å². The van der Waals surface area contributed by atoms with Crippen LogP contribution in [0.2, 0.25) is 4.47 Å². The van der Waals surface area contributed by atoms with E-state index >= 15 is 0 Å². The molecule has 1 aliphatic heterocycles. The van der Waals surface area contributed by atoms with E-state index in [0.717, 1.165) is 10.6 Å². The number of hydrogen-bond donors (Lipinski definition) is 0. The number of rotatable bonds is 1. The minimum absolute atomic E-state index is 0.0372. The number of halogens is 1. The third kappa shape index (κ3) is 2.18. The van der Waals surface area contributed by atoms with E-state index in [2.05, 4.69) is 4.98 Å². The van der Waals surface area contributed by atoms with Crippen LogP contribution in [0, 0.1) is 6.92 Å². The zero-order valence-corrected chi connectivity index (χ0v) is 10.8. The van der Waals surface area contributed by atoms with Gasteiger partial charge in [0.05, 0.1) is 16.7 Å². The predicted octanol–water partition coefficient (Wildman–Crippen LogP) is 3.32. The Balaban J connectivity index is 2.29. The van der Waals surface area contributed by atoms with Crippen LogP contribution in [0.4, 0.5) is 0 Å². The van der Waals surface area contributed by atoms with Crippen LogP contribution in [-0.2, 0) is 9.47 Å². The number of hydrogen-bond acceptors (Lipinski definition) is 4. The molecule has 0 aliphatic carbocycles. The Bertz CT molecular complexity index is 377. The smallest absolute Gasteiger partial charge is 0.184 e. The molecule has 0 spiro atoms. The van der Waals surface area contributed by atoms with Crippen LogP contribution in [0.1, 0.15) is 37.4 Å². The molecular formula is C10H14ClNO2S. The van der Waals surface area contributed by atoms with Gasteiger partial charge in [-0.2, -0.15) is 0 Å². The molecule has 0 aromatic carbocycles. The van der Waals surface area contributed by atoms with Gasteiger partial charge in [-0.25, -0.2) is 4.98 Å². The van der Waals surface area contributed by atoms with Crippen molar-refractivity contribution in [2.75, 3.05) is 0 Å². The zero-order chi connectivity index (χ0) is 11.2. The van der Waals surface area contributed by atoms with Gasteiger partial charge < -0.3 is 9.47 Å². The van der Waals surface area contributed by atoms with Crippen molar-refractivity contribution in [1.82, 2.24) is 4.98 Å². The lowest BCUT2D eigenvalue weighted by molar-refractivity contribution is -0.145. The first kappa shape index (κ1) is 11.3. The summed E-state index contributed by atoms with van der Waals surface area (Å²) in [5, 5.41) is 0. The van der Waals surface area contributed by atoms with Gasteiger partial charge in [0.15, 0.2) is 10.3 Å². The molecule has 1 aromatic heterocycles. The molecule has 2 heterocycles. The lowest BCUT2D eigenvalue weighted by Gasteiger charge is -2.16. The van der Waals surface area contributed by atoms with Gasteiger partial charge in [0.1, 0.15) is 6.10 Å². The van der Waals surface area contributed by atoms with Gasteiger partial charge >= 0.3 is 0 Å². The average Bonchev–Trinajstić information content (AvgIpc) is 2.52. The monoisotopic (exact) mass is 247 g/mol. The topological polar surface area (TPSA) is 31.4 Å². The van der Waals surface area contributed by atoms with Gasteiger partial charge in [-0.05, 0) is 27.7 Å². The summed E-state index contributed by atoms with van der Waals surface area (Å²) >= 11 is 7.34. The largest absolute Gasteiger partial charge is 0.344 e. The fourth-order valence-corrected chi connectivity index (χ4v) is 3.13. The van der Waals surface area contributed by atoms with E-state index < -0.39 is 5.79 Å². The van der Waals surface area contributed by atoms with Gasteiger partial charge in [-0.1, -0.05) is 11.6 Å². The molecule has 1 fully saturated rings. The maximum absolute atomic E-state index is 5.87. The van der Waals surface area contributed by atoms with E-state index in [9.17, 15) is 0 Å². The summed E-state index contributed by atoms with van der Waals surface area (Å²) < 4.78 is 12.1. The summed E-state index contributed by atoms with van der Waals surface area (Å²) in [6.45, 7) is 7.79. The van der Waals surface area contributed by atoms with Crippen molar-refractivity contribution in [2.24, 2.45) is 0 Å². The molecule has 0 radical (unpaired) electrons. The van der Waals surface area contributed by atoms with E-state index in [1.807, 2.05) is 27.7 Å². The predicted molar refractivity (Wildman–Crippen MR) is 60.3 cm³/mol. The number of aryl methyl sites for hydroxylation is 1. The Kier molecular flexibility index (Phi) is 2.79. The third-order valence-electron chi connectivity index (χ3n) is 2.37. The fraction of sp³-hybridized carbons (Fsp3) is 0.700. The molecular weight excluding hydrogens is 234 g/mol. The van der Waals surface area contributed by atoms with Gasteiger partial charge in [0.2, 0.25) is 0 Å². The molecule has 0 bridgehead atoms. The lowest BCUT2D eigenvalue weighted by Crippen LogP contribution is -2.20. The Labute approximate surface area is 98.4 Å². The molecule has 2 atom stereocenters. The van der Waals surface area contributed by atoms with Crippen molar-refractivity contribution in [1.29, 1.82) is 0 Å². The molecule has 15 heavy (non-hydrogen) atoms. The maximum atomic E-state index is 5.87. The van der Waals surface area contributed by atoms with E-state index in [1.54, 1.807) is 0 Å². The van der Waals surface area contributed by atoms with Crippen molar-refractivity contribution in [3.8, 4) is 0 Å². The zero-order valence-electron chi connectivity index (χ0n) is 9.20. The van der Waals surface area contributed by atoms with Crippen molar-refractivity contribution in [3.63, 3.8) is 0 Å². The second kappa shape index (κ2) is 3.70. The van der Waals surface area contributed by atoms with E-state index in [0.29, 0.717) is 4.47 Å². The van der Waals surface area contributed by atoms with Gasteiger partial charge in [0, 0.05) is 0 Å². The molecule has 0 amide bonds. The second-order valence-electron chi connectivity index (χ2n) is 4.18. The maximum Gasteiger partial charge on any atom is 0.184 e. The van der Waals surface area contributed by atoms with E-state index in [4.69, 9.17) is 21.1 Å². The Morgan fingerprint density at radius 2 is 2.07 bits per heavy atom. The highest BCUT2D eigenvalue weighted by molar-refractivity contribution is 7.15. The molecule has 84 valence electrons. The van der Waals surface area contributed by atoms with Gasteiger partial charge in [-0.15, -0.1) is 11.3 Å². The quantitative estimate of drug-likeness (QED) is 0.763. The van der Waals surface area contributed by atoms with Crippen LogP contribution < -0.4 is 0 Å². The highest BCUT2D eigenvalue weighted by atomic mass is 35.5. The molecule has 0 saturated carbocycles. The number of aromatic nitrogens is 1. The molecule has 2 rings (SSSR count). The molecule has 5 heteroatoms. The first-order valence-corrected chi connectivity index (χ1v) is 6.07. The second-order valence-corrected chi connectivity index (χ2v) is 5.79. The highest BCUT2D eigenvalue weighted by Gasteiger charge is 2.41. The molecule has 0 N–H and O–H groups in total. The number of thiazole rings is 1. The summed E-state index contributed by atoms with van der Waals surface area (Å²) in [6, 6.07) is 0. The minimum Gasteiger partial charge on any atom is -0.344 e. The first-order valence-electron chi connectivity index (χ1n) is 4.87. The summed E-state index contributed by atoms with van der Waals surface area (Å²) in [6.07, 6.45) is -0.0137. The van der Waals surface area contributed by atoms with Crippen molar-refractivity contribution >= 4 is 22.9 Å². The minimum atomic E-state index is -0.521. The molecule has 1 saturated heterocycles. The van der Waals surface area contributed by atoms with Crippen molar-refractivity contribution in [3.05, 3.63) is 15.0 Å². The fourth-order valence-electron chi connectivity index (χ4n) is 1.84. The third-order valence-corrected chi connectivity index (χ3v) is 3.69. The summed E-state index contributed by atoms with van der Waals surface area (Å²) in [5.41, 5.74) is 0.933. The molecule has 2 unspecified atom stereocenters. The first-order chi connectivity index (χ1) is 6.89. The van der Waals surface area contributed by atoms with Crippen molar-refractivity contribution in [2.45, 2.75) is 45.7 Å². The Morgan fingerprint density at radius 3 is 2.47 bits per heavy atom. The standard InChI is InChI=1S/C10H14ClNO2S/c1-5-8(15-9(11)12-5)7-6(2)13-10(3,4)14-7/h6-7H,1-4H3. The van der Waals surface area contributed by atoms with Gasteiger partial charge in [-0.3, -0.25) is 0 Å². The normalized spacial score (nSPS) is 29.7. The van der Waals surface area contributed by atoms with Crippen LogP contribution in [0.25, 0.3) is 0 Å². The molecule has 1 aliphatic rings. The van der Waals surface area contributed by atoms with Crippen molar-refractivity contribution < 1.29 is 9.47 Å². The van der Waals surface area contributed by atoms with Crippen LogP contribution >= 0.6 is 22.9 Å². The SMILES string of the molecule is Cc1nc(Cl)sc1C1OC(C)(C)OC1C. The Morgan fingerprint density at radius 1 is 1.40 bits per heavy atom. The summed E-state index contributed by atoms with van der Waals surface area (Å²) in [7, 11) is 0. The van der Waals surface area contributed by atoms with Crippen LogP contribution in [0.3, 0.4) is 0 Å².